The fraction of sp³-hybridized carbons (Fsp3) is 0.133. The van der Waals surface area contributed by atoms with Crippen molar-refractivity contribution >= 4 is 17.2 Å². The molecule has 1 heterocycles. The third kappa shape index (κ3) is 2.42. The van der Waals surface area contributed by atoms with Gasteiger partial charge < -0.3 is 15.7 Å². The first-order valence-corrected chi connectivity index (χ1v) is 6.37. The van der Waals surface area contributed by atoms with Gasteiger partial charge in [-0.3, -0.25) is 4.99 Å². The molecule has 0 aromatic heterocycles. The second kappa shape index (κ2) is 5.21. The van der Waals surface area contributed by atoms with E-state index in [9.17, 15) is 9.50 Å². The van der Waals surface area contributed by atoms with Crippen molar-refractivity contribution in [2.24, 2.45) is 4.99 Å². The van der Waals surface area contributed by atoms with Gasteiger partial charge in [0.15, 0.2) is 0 Å². The number of rotatable bonds is 3. The molecular weight excluding hydrogens is 257 g/mol. The minimum Gasteiger partial charge on any atom is -0.508 e. The number of hydrogen-bond acceptors (Lipinski definition) is 4. The SMILES string of the molecule is Oc1cccc(Nc2cccc(F)c2C2=NCCN2)c1. The number of anilines is 2. The van der Waals surface area contributed by atoms with Gasteiger partial charge in [0.25, 0.3) is 0 Å². The maximum atomic E-state index is 14.1. The van der Waals surface area contributed by atoms with E-state index in [-0.39, 0.29) is 11.6 Å². The Kier molecular flexibility index (Phi) is 3.25. The Labute approximate surface area is 116 Å². The Balaban J connectivity index is 1.99. The number of nitrogens with zero attached hydrogens (tertiary/aromatic N) is 1. The average Bonchev–Trinajstić information content (AvgIpc) is 2.92. The van der Waals surface area contributed by atoms with Gasteiger partial charge in [-0.05, 0) is 24.3 Å². The van der Waals surface area contributed by atoms with Crippen LogP contribution in [-0.2, 0) is 0 Å². The molecule has 3 N–H and O–H groups in total. The Bertz CT molecular complexity index is 670. The number of aromatic hydroxyl groups is 1. The van der Waals surface area contributed by atoms with Gasteiger partial charge in [-0.25, -0.2) is 4.39 Å². The second-order valence-corrected chi connectivity index (χ2v) is 4.49. The van der Waals surface area contributed by atoms with Crippen LogP contribution in [0.15, 0.2) is 47.5 Å². The number of phenols is 1. The summed E-state index contributed by atoms with van der Waals surface area (Å²) in [5.41, 5.74) is 1.73. The van der Waals surface area contributed by atoms with Crippen molar-refractivity contribution in [2.75, 3.05) is 18.4 Å². The van der Waals surface area contributed by atoms with Crippen molar-refractivity contribution in [1.82, 2.24) is 5.32 Å². The molecule has 0 unspecified atom stereocenters. The topological polar surface area (TPSA) is 56.6 Å². The highest BCUT2D eigenvalue weighted by molar-refractivity contribution is 6.05. The molecule has 102 valence electrons. The maximum absolute atomic E-state index is 14.1. The number of amidine groups is 1. The van der Waals surface area contributed by atoms with Gasteiger partial charge in [0.05, 0.1) is 17.8 Å². The van der Waals surface area contributed by atoms with Crippen LogP contribution in [0.3, 0.4) is 0 Å². The summed E-state index contributed by atoms with van der Waals surface area (Å²) >= 11 is 0. The molecule has 0 fully saturated rings. The minimum atomic E-state index is -0.330. The molecule has 2 aromatic carbocycles. The van der Waals surface area contributed by atoms with Crippen LogP contribution in [0.2, 0.25) is 0 Å². The highest BCUT2D eigenvalue weighted by Crippen LogP contribution is 2.26. The molecule has 0 spiro atoms. The van der Waals surface area contributed by atoms with Crippen LogP contribution in [0.5, 0.6) is 5.75 Å². The standard InChI is InChI=1S/C15H14FN3O/c16-12-5-2-6-13(14(12)15-17-7-8-18-15)19-10-3-1-4-11(20)9-10/h1-6,9,19-20H,7-8H2,(H,17,18). The molecule has 5 heteroatoms. The Hall–Kier alpha value is -2.56. The smallest absolute Gasteiger partial charge is 0.136 e. The quantitative estimate of drug-likeness (QED) is 0.804. The fourth-order valence-electron chi connectivity index (χ4n) is 2.17. The van der Waals surface area contributed by atoms with E-state index in [1.807, 2.05) is 0 Å². The zero-order valence-electron chi connectivity index (χ0n) is 10.7. The van der Waals surface area contributed by atoms with E-state index in [0.29, 0.717) is 29.3 Å². The number of halogens is 1. The van der Waals surface area contributed by atoms with Crippen molar-refractivity contribution in [2.45, 2.75) is 0 Å². The summed E-state index contributed by atoms with van der Waals surface area (Å²) in [6.45, 7) is 1.37. The highest BCUT2D eigenvalue weighted by atomic mass is 19.1. The molecule has 3 rings (SSSR count). The number of phenolic OH excluding ortho intramolecular Hbond substituents is 1. The van der Waals surface area contributed by atoms with Crippen LogP contribution in [0.1, 0.15) is 5.56 Å². The second-order valence-electron chi connectivity index (χ2n) is 4.49. The summed E-state index contributed by atoms with van der Waals surface area (Å²) in [5.74, 6) is 0.387. The number of nitrogens with one attached hydrogen (secondary N) is 2. The number of benzene rings is 2. The zero-order chi connectivity index (χ0) is 13.9. The van der Waals surface area contributed by atoms with Crippen LogP contribution in [0.4, 0.5) is 15.8 Å². The lowest BCUT2D eigenvalue weighted by Crippen LogP contribution is -2.21. The van der Waals surface area contributed by atoms with Crippen molar-refractivity contribution < 1.29 is 9.50 Å². The van der Waals surface area contributed by atoms with E-state index >= 15 is 0 Å². The molecule has 2 aromatic rings. The van der Waals surface area contributed by atoms with Gasteiger partial charge in [0.2, 0.25) is 0 Å². The molecule has 0 aliphatic carbocycles. The van der Waals surface area contributed by atoms with Gasteiger partial charge in [-0.2, -0.15) is 0 Å². The summed E-state index contributed by atoms with van der Waals surface area (Å²) in [6, 6.07) is 11.5. The molecule has 20 heavy (non-hydrogen) atoms. The van der Waals surface area contributed by atoms with Crippen molar-refractivity contribution in [3.05, 3.63) is 53.8 Å². The summed E-state index contributed by atoms with van der Waals surface area (Å²) in [7, 11) is 0. The number of hydrogen-bond donors (Lipinski definition) is 3. The van der Waals surface area contributed by atoms with Crippen molar-refractivity contribution in [3.8, 4) is 5.75 Å². The molecular formula is C15H14FN3O. The Morgan fingerprint density at radius 2 is 2.05 bits per heavy atom. The predicted molar refractivity (Wildman–Crippen MR) is 77.2 cm³/mol. The molecule has 0 radical (unpaired) electrons. The Morgan fingerprint density at radius 1 is 1.20 bits per heavy atom. The molecule has 1 aliphatic heterocycles. The number of aliphatic imine (C=N–C) groups is 1. The highest BCUT2D eigenvalue weighted by Gasteiger charge is 2.17. The van der Waals surface area contributed by atoms with Crippen molar-refractivity contribution in [3.63, 3.8) is 0 Å². The third-order valence-corrected chi connectivity index (χ3v) is 3.05. The zero-order valence-corrected chi connectivity index (χ0v) is 10.7. The van der Waals surface area contributed by atoms with E-state index in [2.05, 4.69) is 15.6 Å². The van der Waals surface area contributed by atoms with E-state index < -0.39 is 0 Å². The lowest BCUT2D eigenvalue weighted by Gasteiger charge is -2.13. The van der Waals surface area contributed by atoms with E-state index in [4.69, 9.17) is 0 Å². The maximum Gasteiger partial charge on any atom is 0.136 e. The van der Waals surface area contributed by atoms with Gasteiger partial charge in [0.1, 0.15) is 17.4 Å². The van der Waals surface area contributed by atoms with Crippen LogP contribution >= 0.6 is 0 Å². The molecule has 0 saturated carbocycles. The van der Waals surface area contributed by atoms with Gasteiger partial charge in [-0.15, -0.1) is 0 Å². The molecule has 0 amide bonds. The molecule has 1 aliphatic rings. The summed E-state index contributed by atoms with van der Waals surface area (Å²) < 4.78 is 14.1. The Morgan fingerprint density at radius 3 is 2.80 bits per heavy atom. The largest absolute Gasteiger partial charge is 0.508 e. The third-order valence-electron chi connectivity index (χ3n) is 3.05. The van der Waals surface area contributed by atoms with Gasteiger partial charge >= 0.3 is 0 Å². The monoisotopic (exact) mass is 271 g/mol. The molecule has 0 atom stereocenters. The van der Waals surface area contributed by atoms with E-state index in [0.717, 1.165) is 6.54 Å². The first kappa shape index (κ1) is 12.5. The predicted octanol–water partition coefficient (Wildman–Crippen LogP) is 2.62. The van der Waals surface area contributed by atoms with Crippen LogP contribution < -0.4 is 10.6 Å². The molecule has 0 bridgehead atoms. The van der Waals surface area contributed by atoms with Gasteiger partial charge in [-0.1, -0.05) is 12.1 Å². The molecule has 0 saturated heterocycles. The van der Waals surface area contributed by atoms with Crippen molar-refractivity contribution in [1.29, 1.82) is 0 Å². The minimum absolute atomic E-state index is 0.157. The van der Waals surface area contributed by atoms with Gasteiger partial charge in [0, 0.05) is 18.3 Å². The average molecular weight is 271 g/mol. The first-order valence-electron chi connectivity index (χ1n) is 6.37. The summed E-state index contributed by atoms with van der Waals surface area (Å²) in [4.78, 5) is 4.26. The summed E-state index contributed by atoms with van der Waals surface area (Å²) in [5, 5.41) is 15.7. The van der Waals surface area contributed by atoms with Crippen LogP contribution in [0, 0.1) is 5.82 Å². The van der Waals surface area contributed by atoms with Crippen LogP contribution in [-0.4, -0.2) is 24.0 Å². The summed E-state index contributed by atoms with van der Waals surface area (Å²) in [6.07, 6.45) is 0. The lowest BCUT2D eigenvalue weighted by atomic mass is 10.1. The van der Waals surface area contributed by atoms with Crippen LogP contribution in [0.25, 0.3) is 0 Å². The fourth-order valence-corrected chi connectivity index (χ4v) is 2.17. The molecule has 4 nitrogen and oxygen atoms in total. The van der Waals surface area contributed by atoms with E-state index in [1.165, 1.54) is 6.07 Å². The first-order chi connectivity index (χ1) is 9.74. The normalized spacial score (nSPS) is 13.8. The van der Waals surface area contributed by atoms with E-state index in [1.54, 1.807) is 36.4 Å². The lowest BCUT2D eigenvalue weighted by molar-refractivity contribution is 0.475.